The van der Waals surface area contributed by atoms with Gasteiger partial charge in [-0.3, -0.25) is 9.69 Å². The van der Waals surface area contributed by atoms with Crippen molar-refractivity contribution < 1.29 is 27.5 Å². The third-order valence-electron chi connectivity index (χ3n) is 5.02. The summed E-state index contributed by atoms with van der Waals surface area (Å²) in [6.07, 6.45) is -2.32. The van der Waals surface area contributed by atoms with Crippen LogP contribution in [0, 0.1) is 6.92 Å². The zero-order valence-corrected chi connectivity index (χ0v) is 18.0. The lowest BCUT2D eigenvalue weighted by atomic mass is 10.1. The lowest BCUT2D eigenvalue weighted by Gasteiger charge is -2.18. The third kappa shape index (κ3) is 4.68. The van der Waals surface area contributed by atoms with Crippen molar-refractivity contribution in [3.63, 3.8) is 0 Å². The summed E-state index contributed by atoms with van der Waals surface area (Å²) in [6.45, 7) is 1.70. The molecule has 0 saturated heterocycles. The fraction of sp³-hybridized carbons (Fsp3) is 0.130. The van der Waals surface area contributed by atoms with Gasteiger partial charge in [0.2, 0.25) is 0 Å². The van der Waals surface area contributed by atoms with Crippen LogP contribution in [0.1, 0.15) is 21.5 Å². The van der Waals surface area contributed by atoms with Crippen molar-refractivity contribution in [3.05, 3.63) is 77.7 Å². The third-order valence-corrected chi connectivity index (χ3v) is 5.02. The van der Waals surface area contributed by atoms with Gasteiger partial charge >= 0.3 is 12.3 Å². The normalized spacial score (nSPS) is 11.3. The SMILES string of the molecule is Cc1ccc(NC(=O)c2cccc(C(F)(F)F)c2)cc1OC(=O)N(C)c1ncnc2[nH]ccc12. The maximum absolute atomic E-state index is 12.9. The van der Waals surface area contributed by atoms with E-state index in [1.54, 1.807) is 31.3 Å². The van der Waals surface area contributed by atoms with Crippen LogP contribution < -0.4 is 15.0 Å². The van der Waals surface area contributed by atoms with Gasteiger partial charge in [0, 0.05) is 30.6 Å². The van der Waals surface area contributed by atoms with Crippen molar-refractivity contribution in [1.82, 2.24) is 15.0 Å². The molecule has 4 aromatic rings. The van der Waals surface area contributed by atoms with Gasteiger partial charge in [0.1, 0.15) is 17.7 Å². The fourth-order valence-corrected chi connectivity index (χ4v) is 3.20. The molecule has 0 aliphatic rings. The summed E-state index contributed by atoms with van der Waals surface area (Å²) >= 11 is 0. The molecule has 2 N–H and O–H groups in total. The summed E-state index contributed by atoms with van der Waals surface area (Å²) in [4.78, 5) is 37.6. The summed E-state index contributed by atoms with van der Waals surface area (Å²) in [6, 6.07) is 10.4. The molecule has 0 fully saturated rings. The maximum atomic E-state index is 12.9. The number of nitrogens with zero attached hydrogens (tertiary/aromatic N) is 3. The fourth-order valence-electron chi connectivity index (χ4n) is 3.20. The van der Waals surface area contributed by atoms with E-state index in [-0.39, 0.29) is 17.0 Å². The smallest absolute Gasteiger partial charge is 0.410 e. The van der Waals surface area contributed by atoms with Crippen LogP contribution in [0.25, 0.3) is 11.0 Å². The van der Waals surface area contributed by atoms with E-state index in [1.807, 2.05) is 0 Å². The van der Waals surface area contributed by atoms with Gasteiger partial charge < -0.3 is 15.0 Å². The molecule has 2 aromatic carbocycles. The maximum Gasteiger partial charge on any atom is 0.420 e. The Morgan fingerprint density at radius 2 is 1.88 bits per heavy atom. The molecular weight excluding hydrogens is 451 g/mol. The highest BCUT2D eigenvalue weighted by Crippen LogP contribution is 2.30. The van der Waals surface area contributed by atoms with E-state index in [1.165, 1.54) is 30.4 Å². The van der Waals surface area contributed by atoms with Gasteiger partial charge in [-0.2, -0.15) is 13.2 Å². The summed E-state index contributed by atoms with van der Waals surface area (Å²) in [5, 5.41) is 3.15. The second-order valence-electron chi connectivity index (χ2n) is 7.38. The molecule has 11 heteroatoms. The van der Waals surface area contributed by atoms with Gasteiger partial charge in [-0.1, -0.05) is 12.1 Å². The number of hydrogen-bond acceptors (Lipinski definition) is 5. The van der Waals surface area contributed by atoms with E-state index >= 15 is 0 Å². The van der Waals surface area contributed by atoms with Crippen molar-refractivity contribution in [2.45, 2.75) is 13.1 Å². The molecule has 0 spiro atoms. The molecule has 0 aliphatic carbocycles. The number of alkyl halides is 3. The molecule has 174 valence electrons. The first-order valence-electron chi connectivity index (χ1n) is 9.96. The first-order valence-corrected chi connectivity index (χ1v) is 9.96. The first-order chi connectivity index (χ1) is 16.1. The van der Waals surface area contributed by atoms with Crippen LogP contribution in [0.5, 0.6) is 5.75 Å². The second-order valence-corrected chi connectivity index (χ2v) is 7.38. The number of hydrogen-bond donors (Lipinski definition) is 2. The van der Waals surface area contributed by atoms with E-state index in [0.29, 0.717) is 22.4 Å². The minimum Gasteiger partial charge on any atom is -0.410 e. The molecule has 34 heavy (non-hydrogen) atoms. The number of H-pyrrole nitrogens is 1. The highest BCUT2D eigenvalue weighted by atomic mass is 19.4. The van der Waals surface area contributed by atoms with Crippen LogP contribution in [0.2, 0.25) is 0 Å². The number of rotatable bonds is 4. The van der Waals surface area contributed by atoms with Gasteiger partial charge in [-0.15, -0.1) is 0 Å². The summed E-state index contributed by atoms with van der Waals surface area (Å²) in [5.74, 6) is -0.235. The molecule has 0 atom stereocenters. The summed E-state index contributed by atoms with van der Waals surface area (Å²) in [5.41, 5.74) is 0.317. The number of ether oxygens (including phenoxy) is 1. The number of anilines is 2. The zero-order valence-electron chi connectivity index (χ0n) is 18.0. The van der Waals surface area contributed by atoms with Crippen molar-refractivity contribution in [2.24, 2.45) is 0 Å². The molecular formula is C23H18F3N5O3. The monoisotopic (exact) mass is 469 g/mol. The van der Waals surface area contributed by atoms with Gasteiger partial charge in [0.25, 0.3) is 5.91 Å². The molecule has 2 amide bonds. The molecule has 0 bridgehead atoms. The van der Waals surface area contributed by atoms with Gasteiger partial charge in [0.15, 0.2) is 5.82 Å². The van der Waals surface area contributed by atoms with Crippen LogP contribution in [-0.4, -0.2) is 34.0 Å². The lowest BCUT2D eigenvalue weighted by Crippen LogP contribution is -2.30. The molecule has 0 aliphatic heterocycles. The highest BCUT2D eigenvalue weighted by Gasteiger charge is 2.31. The standard InChI is InChI=1S/C23H18F3N5O3/c1-13-6-7-16(30-21(32)14-4-3-5-15(10-14)23(24,25)26)11-18(13)34-22(33)31(2)20-17-8-9-27-19(17)28-12-29-20/h3-12H,1-2H3,(H,30,32)(H,27,28,29). The molecule has 2 heterocycles. The van der Waals surface area contributed by atoms with Crippen LogP contribution in [0.15, 0.2) is 61.1 Å². The lowest BCUT2D eigenvalue weighted by molar-refractivity contribution is -0.137. The highest BCUT2D eigenvalue weighted by molar-refractivity contribution is 6.04. The van der Waals surface area contributed by atoms with E-state index in [4.69, 9.17) is 4.74 Å². The number of nitrogens with one attached hydrogen (secondary N) is 2. The zero-order chi connectivity index (χ0) is 24.5. The van der Waals surface area contributed by atoms with Gasteiger partial charge in [-0.25, -0.2) is 14.8 Å². The van der Waals surface area contributed by atoms with Crippen LogP contribution in [-0.2, 0) is 6.18 Å². The number of fused-ring (bicyclic) bond motifs is 1. The number of halogens is 3. The second kappa shape index (κ2) is 8.85. The van der Waals surface area contributed by atoms with Crippen molar-refractivity contribution in [3.8, 4) is 5.75 Å². The number of carbonyl (C=O) groups is 2. The number of carbonyl (C=O) groups excluding carboxylic acids is 2. The Labute approximate surface area is 191 Å². The molecule has 2 aromatic heterocycles. The summed E-state index contributed by atoms with van der Waals surface area (Å²) < 4.78 is 44.3. The number of amides is 2. The number of aryl methyl sites for hydroxylation is 1. The van der Waals surface area contributed by atoms with Crippen LogP contribution in [0.3, 0.4) is 0 Å². The van der Waals surface area contributed by atoms with Crippen molar-refractivity contribution in [1.29, 1.82) is 0 Å². The minimum atomic E-state index is -4.57. The topological polar surface area (TPSA) is 100 Å². The minimum absolute atomic E-state index is 0.159. The number of aromatic nitrogens is 3. The van der Waals surface area contributed by atoms with Crippen LogP contribution >= 0.6 is 0 Å². The van der Waals surface area contributed by atoms with E-state index in [0.717, 1.165) is 18.2 Å². The first kappa shape index (κ1) is 22.8. The van der Waals surface area contributed by atoms with Crippen molar-refractivity contribution >= 4 is 34.5 Å². The summed E-state index contributed by atoms with van der Waals surface area (Å²) in [7, 11) is 1.49. The largest absolute Gasteiger partial charge is 0.420 e. The number of benzene rings is 2. The Hall–Kier alpha value is -4.41. The van der Waals surface area contributed by atoms with Crippen LogP contribution in [0.4, 0.5) is 29.5 Å². The Morgan fingerprint density at radius 1 is 1.09 bits per heavy atom. The quantitative estimate of drug-likeness (QED) is 0.429. The molecule has 0 radical (unpaired) electrons. The van der Waals surface area contributed by atoms with E-state index in [9.17, 15) is 22.8 Å². The molecule has 0 unspecified atom stereocenters. The van der Waals surface area contributed by atoms with E-state index in [2.05, 4.69) is 20.3 Å². The Balaban J connectivity index is 1.52. The Morgan fingerprint density at radius 3 is 2.65 bits per heavy atom. The predicted molar refractivity (Wildman–Crippen MR) is 119 cm³/mol. The van der Waals surface area contributed by atoms with Gasteiger partial charge in [0.05, 0.1) is 10.9 Å². The van der Waals surface area contributed by atoms with E-state index < -0.39 is 23.7 Å². The average molecular weight is 469 g/mol. The molecule has 8 nitrogen and oxygen atoms in total. The molecule has 4 rings (SSSR count). The molecule has 0 saturated carbocycles. The Kier molecular flexibility index (Phi) is 5.93. The Bertz CT molecular complexity index is 1380. The van der Waals surface area contributed by atoms with Crippen molar-refractivity contribution in [2.75, 3.05) is 17.3 Å². The van der Waals surface area contributed by atoms with Gasteiger partial charge in [-0.05, 0) is 42.8 Å². The number of aromatic amines is 1. The predicted octanol–water partition coefficient (Wildman–Crippen LogP) is 5.17. The average Bonchev–Trinajstić information content (AvgIpc) is 3.29.